The number of carbonyl (C=O) groups is 2. The molecule has 0 aliphatic carbocycles. The summed E-state index contributed by atoms with van der Waals surface area (Å²) < 4.78 is 28.3. The average Bonchev–Trinajstić information content (AvgIpc) is 3.54. The standard InChI is InChI=1S/C35H38FN3O4/c1-7-43-33(40)24-12-10-23(11-13-24)31-28-20-29-25(21-37-39(29)34(41)35(3,4)5)19-30(28)38(27-16-14-26(36)15-17-27)32(31)22(2)9-8-18-42-6/h10-17,19-22H,7-9,18H2,1-6H3. The normalized spacial score (nSPS) is 12.6. The fourth-order valence-electron chi connectivity index (χ4n) is 5.60. The first-order valence-corrected chi connectivity index (χ1v) is 14.7. The number of benzene rings is 3. The summed E-state index contributed by atoms with van der Waals surface area (Å²) in [4.78, 5) is 25.8. The Morgan fingerprint density at radius 1 is 1.00 bits per heavy atom. The van der Waals surface area contributed by atoms with Crippen molar-refractivity contribution >= 4 is 33.7 Å². The van der Waals surface area contributed by atoms with Crippen LogP contribution in [0.15, 0.2) is 66.9 Å². The summed E-state index contributed by atoms with van der Waals surface area (Å²) in [5.41, 5.74) is 5.26. The number of aromatic nitrogens is 3. The molecule has 1 unspecified atom stereocenters. The van der Waals surface area contributed by atoms with Gasteiger partial charge in [0.15, 0.2) is 0 Å². The highest BCUT2D eigenvalue weighted by atomic mass is 19.1. The zero-order valence-electron chi connectivity index (χ0n) is 25.6. The van der Waals surface area contributed by atoms with Gasteiger partial charge in [0.2, 0.25) is 0 Å². The number of carbonyl (C=O) groups excluding carboxylic acids is 2. The number of fused-ring (bicyclic) bond motifs is 2. The van der Waals surface area contributed by atoms with Crippen molar-refractivity contribution in [2.45, 2.75) is 53.4 Å². The van der Waals surface area contributed by atoms with Gasteiger partial charge in [0.1, 0.15) is 5.82 Å². The van der Waals surface area contributed by atoms with Crippen LogP contribution < -0.4 is 0 Å². The van der Waals surface area contributed by atoms with Crippen LogP contribution in [0.3, 0.4) is 0 Å². The van der Waals surface area contributed by atoms with Crippen LogP contribution in [0.1, 0.15) is 74.2 Å². The van der Waals surface area contributed by atoms with E-state index in [0.29, 0.717) is 24.3 Å². The Morgan fingerprint density at radius 3 is 2.33 bits per heavy atom. The number of ether oxygens (including phenoxy) is 2. The van der Waals surface area contributed by atoms with E-state index in [2.05, 4.69) is 22.7 Å². The van der Waals surface area contributed by atoms with Gasteiger partial charge in [-0.15, -0.1) is 0 Å². The van der Waals surface area contributed by atoms with Crippen LogP contribution in [0.4, 0.5) is 4.39 Å². The van der Waals surface area contributed by atoms with Gasteiger partial charge in [0, 0.05) is 46.8 Å². The zero-order valence-corrected chi connectivity index (χ0v) is 25.6. The van der Waals surface area contributed by atoms with Gasteiger partial charge in [0.05, 0.1) is 29.4 Å². The predicted molar refractivity (Wildman–Crippen MR) is 168 cm³/mol. The third-order valence-corrected chi connectivity index (χ3v) is 7.75. The highest BCUT2D eigenvalue weighted by Gasteiger charge is 2.28. The third kappa shape index (κ3) is 5.84. The molecule has 0 fully saturated rings. The van der Waals surface area contributed by atoms with Crippen molar-refractivity contribution in [3.8, 4) is 16.8 Å². The van der Waals surface area contributed by atoms with E-state index in [-0.39, 0.29) is 23.6 Å². The number of halogens is 1. The maximum atomic E-state index is 14.1. The van der Waals surface area contributed by atoms with Crippen molar-refractivity contribution in [3.63, 3.8) is 0 Å². The van der Waals surface area contributed by atoms with Gasteiger partial charge in [-0.05, 0) is 79.8 Å². The van der Waals surface area contributed by atoms with Gasteiger partial charge in [-0.3, -0.25) is 4.79 Å². The minimum absolute atomic E-state index is 0.0863. The molecule has 0 aliphatic rings. The molecule has 2 aromatic heterocycles. The Bertz CT molecular complexity index is 1780. The fraction of sp³-hybridized carbons (Fsp3) is 0.343. The Balaban J connectivity index is 1.84. The quantitative estimate of drug-likeness (QED) is 0.129. The molecule has 8 heteroatoms. The molecule has 7 nitrogen and oxygen atoms in total. The fourth-order valence-corrected chi connectivity index (χ4v) is 5.60. The molecule has 5 rings (SSSR count). The number of esters is 1. The summed E-state index contributed by atoms with van der Waals surface area (Å²) >= 11 is 0. The van der Waals surface area contributed by atoms with E-state index in [1.165, 1.54) is 16.8 Å². The molecule has 3 aromatic carbocycles. The molecule has 5 aromatic rings. The molecule has 0 spiro atoms. The lowest BCUT2D eigenvalue weighted by atomic mass is 9.92. The van der Waals surface area contributed by atoms with Crippen LogP contribution in [-0.2, 0) is 9.47 Å². The summed E-state index contributed by atoms with van der Waals surface area (Å²) in [5, 5.41) is 6.24. The smallest absolute Gasteiger partial charge is 0.338 e. The van der Waals surface area contributed by atoms with E-state index in [1.807, 2.05) is 39.0 Å². The number of rotatable bonds is 9. The Kier molecular flexibility index (Phi) is 8.51. The lowest BCUT2D eigenvalue weighted by molar-refractivity contribution is 0.0526. The van der Waals surface area contributed by atoms with Crippen molar-refractivity contribution < 1.29 is 23.5 Å². The molecule has 0 bridgehead atoms. The topological polar surface area (TPSA) is 75.3 Å². The molecule has 0 radical (unpaired) electrons. The monoisotopic (exact) mass is 583 g/mol. The number of hydrogen-bond donors (Lipinski definition) is 0. The predicted octanol–water partition coefficient (Wildman–Crippen LogP) is 8.18. The van der Waals surface area contributed by atoms with E-state index in [1.54, 1.807) is 44.5 Å². The first-order valence-electron chi connectivity index (χ1n) is 14.7. The van der Waals surface area contributed by atoms with Gasteiger partial charge in [-0.1, -0.05) is 39.8 Å². The van der Waals surface area contributed by atoms with Gasteiger partial charge < -0.3 is 14.0 Å². The van der Waals surface area contributed by atoms with Gasteiger partial charge in [0.25, 0.3) is 5.91 Å². The average molecular weight is 584 g/mol. The second kappa shape index (κ2) is 12.1. The Labute approximate surface area is 251 Å². The highest BCUT2D eigenvalue weighted by molar-refractivity contribution is 6.07. The second-order valence-corrected chi connectivity index (χ2v) is 11.9. The van der Waals surface area contributed by atoms with E-state index in [0.717, 1.165) is 51.6 Å². The van der Waals surface area contributed by atoms with Gasteiger partial charge in [-0.2, -0.15) is 9.78 Å². The number of hydrogen-bond acceptors (Lipinski definition) is 5. The van der Waals surface area contributed by atoms with E-state index in [4.69, 9.17) is 9.47 Å². The van der Waals surface area contributed by atoms with Crippen molar-refractivity contribution in [2.24, 2.45) is 5.41 Å². The van der Waals surface area contributed by atoms with Crippen LogP contribution in [0.5, 0.6) is 0 Å². The Hall–Kier alpha value is -4.30. The largest absolute Gasteiger partial charge is 0.462 e. The summed E-state index contributed by atoms with van der Waals surface area (Å²) in [6.07, 6.45) is 3.44. The van der Waals surface area contributed by atoms with Crippen LogP contribution in [0, 0.1) is 11.2 Å². The molecular weight excluding hydrogens is 545 g/mol. The zero-order chi connectivity index (χ0) is 30.9. The third-order valence-electron chi connectivity index (χ3n) is 7.75. The molecule has 0 N–H and O–H groups in total. The molecule has 224 valence electrons. The van der Waals surface area contributed by atoms with Crippen molar-refractivity contribution in [1.29, 1.82) is 0 Å². The van der Waals surface area contributed by atoms with E-state index < -0.39 is 5.41 Å². The van der Waals surface area contributed by atoms with E-state index >= 15 is 0 Å². The molecular formula is C35H38FN3O4. The minimum atomic E-state index is -0.624. The van der Waals surface area contributed by atoms with Crippen molar-refractivity contribution in [3.05, 3.63) is 83.9 Å². The molecule has 0 aliphatic heterocycles. The highest BCUT2D eigenvalue weighted by Crippen LogP contribution is 2.43. The first kappa shape index (κ1) is 30.2. The summed E-state index contributed by atoms with van der Waals surface area (Å²) in [5.74, 6) is -0.701. The SMILES string of the molecule is CCOC(=O)c1ccc(-c2c(C(C)CCCOC)n(-c3ccc(F)cc3)c3cc4cnn(C(=O)C(C)(C)C)c4cc23)cc1. The summed E-state index contributed by atoms with van der Waals surface area (Å²) in [6, 6.07) is 18.0. The maximum absolute atomic E-state index is 14.1. The van der Waals surface area contributed by atoms with Gasteiger partial charge >= 0.3 is 5.97 Å². The van der Waals surface area contributed by atoms with Gasteiger partial charge in [-0.25, -0.2) is 9.18 Å². The van der Waals surface area contributed by atoms with Crippen LogP contribution >= 0.6 is 0 Å². The molecule has 0 amide bonds. The van der Waals surface area contributed by atoms with Crippen LogP contribution in [0.25, 0.3) is 38.6 Å². The second-order valence-electron chi connectivity index (χ2n) is 11.9. The molecule has 0 saturated carbocycles. The van der Waals surface area contributed by atoms with Crippen molar-refractivity contribution in [2.75, 3.05) is 20.3 Å². The lowest BCUT2D eigenvalue weighted by Gasteiger charge is -2.19. The minimum Gasteiger partial charge on any atom is -0.462 e. The maximum Gasteiger partial charge on any atom is 0.338 e. The molecule has 0 saturated heterocycles. The lowest BCUT2D eigenvalue weighted by Crippen LogP contribution is -2.27. The van der Waals surface area contributed by atoms with Crippen LogP contribution in [0.2, 0.25) is 0 Å². The number of nitrogens with zero attached hydrogens (tertiary/aromatic N) is 3. The Morgan fingerprint density at radius 2 is 1.70 bits per heavy atom. The van der Waals surface area contributed by atoms with Crippen LogP contribution in [-0.4, -0.2) is 46.5 Å². The summed E-state index contributed by atoms with van der Waals surface area (Å²) in [7, 11) is 1.70. The molecule has 43 heavy (non-hydrogen) atoms. The summed E-state index contributed by atoms with van der Waals surface area (Å²) in [6.45, 7) is 10.5. The van der Waals surface area contributed by atoms with Crippen molar-refractivity contribution in [1.82, 2.24) is 14.3 Å². The molecule has 2 heterocycles. The number of methoxy groups -OCH3 is 1. The molecule has 1 atom stereocenters. The first-order chi connectivity index (χ1) is 20.5. The van der Waals surface area contributed by atoms with E-state index in [9.17, 15) is 14.0 Å².